The quantitative estimate of drug-likeness (QED) is 0.899. The molecule has 3 nitrogen and oxygen atoms in total. The van der Waals surface area contributed by atoms with Crippen LogP contribution in [0, 0.1) is 0 Å². The van der Waals surface area contributed by atoms with Crippen molar-refractivity contribution < 1.29 is 14.6 Å². The van der Waals surface area contributed by atoms with Gasteiger partial charge in [-0.15, -0.1) is 0 Å². The van der Waals surface area contributed by atoms with Crippen LogP contribution in [-0.2, 0) is 10.2 Å². The van der Waals surface area contributed by atoms with Crippen molar-refractivity contribution in [1.82, 2.24) is 0 Å². The molecule has 1 saturated carbocycles. The Balaban J connectivity index is 2.57. The third kappa shape index (κ3) is 2.34. The van der Waals surface area contributed by atoms with Gasteiger partial charge in [0.05, 0.1) is 12.5 Å². The van der Waals surface area contributed by atoms with Crippen LogP contribution >= 0.6 is 0 Å². The van der Waals surface area contributed by atoms with Crippen molar-refractivity contribution in [3.63, 3.8) is 0 Å². The first-order valence-corrected chi connectivity index (χ1v) is 6.93. The van der Waals surface area contributed by atoms with E-state index in [4.69, 9.17) is 4.74 Å². The van der Waals surface area contributed by atoms with Crippen molar-refractivity contribution in [3.05, 3.63) is 29.3 Å². The monoisotopic (exact) mass is 262 g/mol. The van der Waals surface area contributed by atoms with Crippen LogP contribution in [0.25, 0.3) is 0 Å². The minimum Gasteiger partial charge on any atom is -0.496 e. The zero-order valence-electron chi connectivity index (χ0n) is 11.9. The molecule has 1 aromatic carbocycles. The molecule has 0 unspecified atom stereocenters. The molecule has 1 fully saturated rings. The normalized spacial score (nSPS) is 17.7. The van der Waals surface area contributed by atoms with Crippen molar-refractivity contribution in [1.29, 1.82) is 0 Å². The molecule has 0 bridgehead atoms. The van der Waals surface area contributed by atoms with E-state index in [1.165, 1.54) is 5.56 Å². The van der Waals surface area contributed by atoms with Crippen molar-refractivity contribution in [2.75, 3.05) is 7.11 Å². The lowest BCUT2D eigenvalue weighted by atomic mass is 9.77. The minimum absolute atomic E-state index is 0.386. The maximum Gasteiger partial charge on any atom is 0.314 e. The molecule has 1 N–H and O–H groups in total. The molecule has 3 heteroatoms. The minimum atomic E-state index is -0.754. The van der Waals surface area contributed by atoms with Crippen LogP contribution in [0.1, 0.15) is 56.6 Å². The lowest BCUT2D eigenvalue weighted by Gasteiger charge is -2.27. The van der Waals surface area contributed by atoms with E-state index in [1.54, 1.807) is 7.11 Å². The van der Waals surface area contributed by atoms with Gasteiger partial charge < -0.3 is 9.84 Å². The lowest BCUT2D eigenvalue weighted by molar-refractivity contribution is -0.143. The molecule has 1 aromatic rings. The Morgan fingerprint density at radius 2 is 1.95 bits per heavy atom. The molecular weight excluding hydrogens is 240 g/mol. The van der Waals surface area contributed by atoms with Gasteiger partial charge in [-0.2, -0.15) is 0 Å². The average Bonchev–Trinajstić information content (AvgIpc) is 2.88. The summed E-state index contributed by atoms with van der Waals surface area (Å²) in [6.45, 7) is 4.24. The summed E-state index contributed by atoms with van der Waals surface area (Å²) in [5.41, 5.74) is 1.27. The van der Waals surface area contributed by atoms with Crippen LogP contribution in [0.3, 0.4) is 0 Å². The zero-order valence-corrected chi connectivity index (χ0v) is 11.9. The third-order valence-electron chi connectivity index (χ3n) is 4.27. The summed E-state index contributed by atoms with van der Waals surface area (Å²) in [6.07, 6.45) is 3.36. The summed E-state index contributed by atoms with van der Waals surface area (Å²) < 4.78 is 5.40. The summed E-state index contributed by atoms with van der Waals surface area (Å²) in [7, 11) is 1.61. The van der Waals surface area contributed by atoms with Gasteiger partial charge in [0.1, 0.15) is 5.75 Å². The highest BCUT2D eigenvalue weighted by Gasteiger charge is 2.44. The molecule has 0 atom stereocenters. The van der Waals surface area contributed by atoms with Gasteiger partial charge in [0.15, 0.2) is 0 Å². The number of carbonyl (C=O) groups is 1. The first kappa shape index (κ1) is 13.9. The number of hydrogen-bond donors (Lipinski definition) is 1. The second-order valence-corrected chi connectivity index (χ2v) is 5.71. The average molecular weight is 262 g/mol. The zero-order chi connectivity index (χ0) is 14.0. The Labute approximate surface area is 114 Å². The van der Waals surface area contributed by atoms with E-state index in [1.807, 2.05) is 18.2 Å². The number of carboxylic acid groups (broad SMARTS) is 1. The van der Waals surface area contributed by atoms with E-state index in [0.29, 0.717) is 24.5 Å². The van der Waals surface area contributed by atoms with E-state index in [2.05, 4.69) is 13.8 Å². The molecule has 2 rings (SSSR count). The maximum absolute atomic E-state index is 11.8. The summed E-state index contributed by atoms with van der Waals surface area (Å²) in [4.78, 5) is 11.8. The molecule has 0 aromatic heterocycles. The molecule has 1 aliphatic carbocycles. The molecule has 0 amide bonds. The predicted molar refractivity (Wildman–Crippen MR) is 74.9 cm³/mol. The van der Waals surface area contributed by atoms with Gasteiger partial charge in [0, 0.05) is 5.56 Å². The molecule has 0 aliphatic heterocycles. The Bertz CT molecular complexity index is 471. The van der Waals surface area contributed by atoms with Gasteiger partial charge in [-0.1, -0.05) is 38.8 Å². The Morgan fingerprint density at radius 1 is 1.32 bits per heavy atom. The molecule has 0 radical (unpaired) electrons. The maximum atomic E-state index is 11.8. The Hall–Kier alpha value is -1.51. The Morgan fingerprint density at radius 3 is 2.42 bits per heavy atom. The van der Waals surface area contributed by atoms with Gasteiger partial charge in [0.25, 0.3) is 0 Å². The molecule has 0 spiro atoms. The lowest BCUT2D eigenvalue weighted by Crippen LogP contribution is -2.33. The summed E-state index contributed by atoms with van der Waals surface area (Å²) >= 11 is 0. The number of methoxy groups -OCH3 is 1. The van der Waals surface area contributed by atoms with E-state index in [-0.39, 0.29) is 0 Å². The fraction of sp³-hybridized carbons (Fsp3) is 0.562. The first-order valence-electron chi connectivity index (χ1n) is 6.93. The Kier molecular flexibility index (Phi) is 3.83. The van der Waals surface area contributed by atoms with E-state index < -0.39 is 11.4 Å². The van der Waals surface area contributed by atoms with Gasteiger partial charge in [-0.25, -0.2) is 0 Å². The summed E-state index contributed by atoms with van der Waals surface area (Å²) in [6, 6.07) is 5.97. The standard InChI is InChI=1S/C16H22O3/c1-11(2)12-6-7-14(19-3)13(10-12)16(15(17)18)8-4-5-9-16/h6-7,10-11H,4-5,8-9H2,1-3H3,(H,17,18). The smallest absolute Gasteiger partial charge is 0.314 e. The van der Waals surface area contributed by atoms with E-state index in [0.717, 1.165) is 18.4 Å². The van der Waals surface area contributed by atoms with Crippen LogP contribution in [0.5, 0.6) is 5.75 Å². The van der Waals surface area contributed by atoms with Gasteiger partial charge in [0.2, 0.25) is 0 Å². The van der Waals surface area contributed by atoms with Gasteiger partial charge in [-0.3, -0.25) is 4.79 Å². The van der Waals surface area contributed by atoms with Gasteiger partial charge >= 0.3 is 5.97 Å². The molecule has 19 heavy (non-hydrogen) atoms. The second kappa shape index (κ2) is 5.24. The topological polar surface area (TPSA) is 46.5 Å². The largest absolute Gasteiger partial charge is 0.496 e. The predicted octanol–water partition coefficient (Wildman–Crippen LogP) is 3.72. The molecule has 1 aliphatic rings. The van der Waals surface area contributed by atoms with Crippen LogP contribution in [-0.4, -0.2) is 18.2 Å². The number of aliphatic carboxylic acids is 1. The van der Waals surface area contributed by atoms with Crippen molar-refractivity contribution in [3.8, 4) is 5.75 Å². The van der Waals surface area contributed by atoms with Crippen LogP contribution < -0.4 is 4.74 Å². The molecule has 0 heterocycles. The van der Waals surface area contributed by atoms with Crippen LogP contribution in [0.15, 0.2) is 18.2 Å². The SMILES string of the molecule is COc1ccc(C(C)C)cc1C1(C(=O)O)CCCC1. The number of carboxylic acids is 1. The van der Waals surface area contributed by atoms with E-state index >= 15 is 0 Å². The van der Waals surface area contributed by atoms with Crippen molar-refractivity contribution in [2.24, 2.45) is 0 Å². The van der Waals surface area contributed by atoms with Crippen molar-refractivity contribution >= 4 is 5.97 Å². The fourth-order valence-corrected chi connectivity index (χ4v) is 3.04. The first-order chi connectivity index (χ1) is 9.01. The van der Waals surface area contributed by atoms with E-state index in [9.17, 15) is 9.90 Å². The van der Waals surface area contributed by atoms with Crippen LogP contribution in [0.2, 0.25) is 0 Å². The van der Waals surface area contributed by atoms with Gasteiger partial charge in [-0.05, 0) is 30.4 Å². The highest BCUT2D eigenvalue weighted by molar-refractivity contribution is 5.83. The number of ether oxygens (including phenoxy) is 1. The van der Waals surface area contributed by atoms with Crippen LogP contribution in [0.4, 0.5) is 0 Å². The number of benzene rings is 1. The number of rotatable bonds is 4. The van der Waals surface area contributed by atoms with Crippen molar-refractivity contribution in [2.45, 2.75) is 50.9 Å². The fourth-order valence-electron chi connectivity index (χ4n) is 3.04. The second-order valence-electron chi connectivity index (χ2n) is 5.71. The highest BCUT2D eigenvalue weighted by atomic mass is 16.5. The molecule has 0 saturated heterocycles. The summed E-state index contributed by atoms with van der Waals surface area (Å²) in [5, 5.41) is 9.71. The number of hydrogen-bond acceptors (Lipinski definition) is 2. The molecule has 104 valence electrons. The molecular formula is C16H22O3. The highest BCUT2D eigenvalue weighted by Crippen LogP contribution is 2.45. The third-order valence-corrected chi connectivity index (χ3v) is 4.27. The summed E-state index contributed by atoms with van der Waals surface area (Å²) in [5.74, 6) is 0.370.